The van der Waals surface area contributed by atoms with Crippen LogP contribution in [0, 0.1) is 5.41 Å². The third kappa shape index (κ3) is 4.42. The molecule has 0 spiro atoms. The number of nitrogens with one attached hydrogen (secondary N) is 1. The number of halogens is 1. The van der Waals surface area contributed by atoms with E-state index in [1.165, 1.54) is 7.11 Å². The van der Waals surface area contributed by atoms with Gasteiger partial charge in [-0.3, -0.25) is 4.79 Å². The van der Waals surface area contributed by atoms with Gasteiger partial charge in [0.2, 0.25) is 5.91 Å². The Balaban J connectivity index is 3.03. The molecule has 0 fully saturated rings. The third-order valence-electron chi connectivity index (χ3n) is 2.52. The van der Waals surface area contributed by atoms with E-state index >= 15 is 0 Å². The maximum absolute atomic E-state index is 12.0. The minimum Gasteiger partial charge on any atom is -0.494 e. The maximum atomic E-state index is 12.0. The molecule has 3 N–H and O–H groups in total. The summed E-state index contributed by atoms with van der Waals surface area (Å²) in [4.78, 5) is 16.1. The van der Waals surface area contributed by atoms with Crippen LogP contribution in [-0.4, -0.2) is 24.7 Å². The molecule has 0 aliphatic rings. The van der Waals surface area contributed by atoms with Gasteiger partial charge in [0.05, 0.1) is 24.4 Å². The van der Waals surface area contributed by atoms with Gasteiger partial charge in [-0.25, -0.2) is 4.99 Å². The van der Waals surface area contributed by atoms with Crippen LogP contribution in [0.15, 0.2) is 23.2 Å². The third-order valence-corrected chi connectivity index (χ3v) is 2.80. The lowest BCUT2D eigenvalue weighted by atomic mass is 9.95. The Morgan fingerprint density at radius 2 is 2.10 bits per heavy atom. The number of ether oxygens (including phenoxy) is 1. The molecule has 0 radical (unpaired) electrons. The van der Waals surface area contributed by atoms with Crippen molar-refractivity contribution >= 4 is 34.7 Å². The minimum absolute atomic E-state index is 0.0904. The van der Waals surface area contributed by atoms with Gasteiger partial charge in [-0.05, 0) is 12.1 Å². The van der Waals surface area contributed by atoms with Gasteiger partial charge in [-0.2, -0.15) is 0 Å². The van der Waals surface area contributed by atoms with Gasteiger partial charge in [0, 0.05) is 11.5 Å². The lowest BCUT2D eigenvalue weighted by Gasteiger charge is -2.19. The second kappa shape index (κ2) is 6.61. The van der Waals surface area contributed by atoms with E-state index in [1.54, 1.807) is 18.2 Å². The van der Waals surface area contributed by atoms with E-state index in [9.17, 15) is 4.79 Å². The summed E-state index contributed by atoms with van der Waals surface area (Å²) in [6.07, 6.45) is 0. The van der Waals surface area contributed by atoms with Crippen LogP contribution in [0.25, 0.3) is 0 Å². The first kappa shape index (κ1) is 16.3. The number of amidine groups is 1. The van der Waals surface area contributed by atoms with E-state index in [2.05, 4.69) is 10.3 Å². The number of nitrogens with zero attached hydrogens (tertiary/aromatic N) is 1. The van der Waals surface area contributed by atoms with Gasteiger partial charge in [-0.1, -0.05) is 20.8 Å². The van der Waals surface area contributed by atoms with Crippen molar-refractivity contribution in [2.24, 2.45) is 16.1 Å². The van der Waals surface area contributed by atoms with E-state index in [-0.39, 0.29) is 11.8 Å². The average Bonchev–Trinajstić information content (AvgIpc) is 2.39. The monoisotopic (exact) mass is 297 g/mol. The van der Waals surface area contributed by atoms with Gasteiger partial charge in [0.25, 0.3) is 0 Å². The summed E-state index contributed by atoms with van der Waals surface area (Å²) in [5.74, 6) is 0.906. The Morgan fingerprint density at radius 1 is 1.45 bits per heavy atom. The van der Waals surface area contributed by atoms with E-state index in [4.69, 9.17) is 22.1 Å². The molecule has 20 heavy (non-hydrogen) atoms. The van der Waals surface area contributed by atoms with Crippen molar-refractivity contribution in [3.8, 4) is 5.75 Å². The predicted octanol–water partition coefficient (Wildman–Crippen LogP) is 2.91. The van der Waals surface area contributed by atoms with Crippen LogP contribution < -0.4 is 15.8 Å². The zero-order chi connectivity index (χ0) is 15.3. The molecule has 1 rings (SSSR count). The molecule has 0 bridgehead atoms. The molecule has 0 aliphatic carbocycles. The summed E-state index contributed by atoms with van der Waals surface area (Å²) < 4.78 is 5.26. The molecule has 0 aliphatic heterocycles. The maximum Gasteiger partial charge on any atom is 0.229 e. The fourth-order valence-electron chi connectivity index (χ4n) is 1.36. The highest BCUT2D eigenvalue weighted by Crippen LogP contribution is 2.30. The van der Waals surface area contributed by atoms with Crippen LogP contribution >= 0.6 is 11.6 Å². The van der Waals surface area contributed by atoms with Crippen LogP contribution in [0.4, 0.5) is 11.4 Å². The first-order chi connectivity index (χ1) is 9.27. The van der Waals surface area contributed by atoms with Crippen molar-refractivity contribution in [1.29, 1.82) is 0 Å². The number of carbonyl (C=O) groups is 1. The molecule has 110 valence electrons. The van der Waals surface area contributed by atoms with Gasteiger partial charge in [-0.15, -0.1) is 11.6 Å². The van der Waals surface area contributed by atoms with Crippen LogP contribution in [0.1, 0.15) is 20.8 Å². The van der Waals surface area contributed by atoms with Gasteiger partial charge >= 0.3 is 0 Å². The highest BCUT2D eigenvalue weighted by atomic mass is 35.5. The Bertz CT molecular complexity index is 522. The Labute approximate surface area is 124 Å². The summed E-state index contributed by atoms with van der Waals surface area (Å²) >= 11 is 5.58. The van der Waals surface area contributed by atoms with Crippen LogP contribution in [0.5, 0.6) is 5.75 Å². The predicted molar refractivity (Wildman–Crippen MR) is 83.1 cm³/mol. The van der Waals surface area contributed by atoms with Crippen LogP contribution in [0.3, 0.4) is 0 Å². The molecule has 0 saturated carbocycles. The number of carbonyl (C=O) groups excluding carboxylic acids is 1. The number of hydrogen-bond acceptors (Lipinski definition) is 3. The number of amides is 1. The zero-order valence-electron chi connectivity index (χ0n) is 12.2. The Hall–Kier alpha value is -1.75. The molecule has 1 amide bonds. The number of nitrogens with two attached hydrogens (primary N) is 1. The number of anilines is 1. The second-order valence-electron chi connectivity index (χ2n) is 5.33. The largest absolute Gasteiger partial charge is 0.494 e. The first-order valence-electron chi connectivity index (χ1n) is 6.16. The lowest BCUT2D eigenvalue weighted by molar-refractivity contribution is -0.123. The zero-order valence-corrected chi connectivity index (χ0v) is 12.9. The molecule has 0 atom stereocenters. The van der Waals surface area contributed by atoms with Crippen LogP contribution in [0.2, 0.25) is 0 Å². The number of alkyl halides is 1. The van der Waals surface area contributed by atoms with E-state index < -0.39 is 5.41 Å². The number of rotatable bonds is 4. The van der Waals surface area contributed by atoms with Gasteiger partial charge in [0.1, 0.15) is 11.6 Å². The summed E-state index contributed by atoms with van der Waals surface area (Å²) in [6.45, 7) is 5.53. The molecule has 6 heteroatoms. The minimum atomic E-state index is -0.481. The van der Waals surface area contributed by atoms with Gasteiger partial charge < -0.3 is 15.8 Å². The number of methoxy groups -OCH3 is 1. The van der Waals surface area contributed by atoms with Crippen molar-refractivity contribution in [2.45, 2.75) is 20.8 Å². The SMILES string of the molecule is COc1cc(N=C(N)CCl)ccc1NC(=O)C(C)(C)C. The standard InChI is InChI=1S/C14H20ClN3O2/c1-14(2,3)13(19)18-10-6-5-9(7-11(10)20-4)17-12(16)8-15/h5-7H,8H2,1-4H3,(H2,16,17)(H,18,19). The molecular weight excluding hydrogens is 278 g/mol. The van der Waals surface area contributed by atoms with E-state index in [1.807, 2.05) is 20.8 Å². The van der Waals surface area contributed by atoms with Crippen molar-refractivity contribution in [1.82, 2.24) is 0 Å². The van der Waals surface area contributed by atoms with Crippen LogP contribution in [-0.2, 0) is 4.79 Å². The quantitative estimate of drug-likeness (QED) is 0.509. The molecule has 0 heterocycles. The lowest BCUT2D eigenvalue weighted by Crippen LogP contribution is -2.27. The molecular formula is C14H20ClN3O2. The summed E-state index contributed by atoms with van der Waals surface area (Å²) in [6, 6.07) is 5.15. The second-order valence-corrected chi connectivity index (χ2v) is 5.59. The molecule has 1 aromatic carbocycles. The normalized spacial score (nSPS) is 12.2. The van der Waals surface area contributed by atoms with Crippen molar-refractivity contribution in [3.05, 3.63) is 18.2 Å². The smallest absolute Gasteiger partial charge is 0.229 e. The fraction of sp³-hybridized carbons (Fsp3) is 0.429. The fourth-order valence-corrected chi connectivity index (χ4v) is 1.42. The van der Waals surface area contributed by atoms with Crippen molar-refractivity contribution in [3.63, 3.8) is 0 Å². The highest BCUT2D eigenvalue weighted by molar-refractivity contribution is 6.28. The number of benzene rings is 1. The first-order valence-corrected chi connectivity index (χ1v) is 6.70. The molecule has 5 nitrogen and oxygen atoms in total. The highest BCUT2D eigenvalue weighted by Gasteiger charge is 2.22. The average molecular weight is 298 g/mol. The molecule has 0 unspecified atom stereocenters. The Kier molecular flexibility index (Phi) is 5.39. The van der Waals surface area contributed by atoms with Gasteiger partial charge in [0.15, 0.2) is 0 Å². The van der Waals surface area contributed by atoms with Crippen molar-refractivity contribution in [2.75, 3.05) is 18.3 Å². The number of aliphatic imine (C=N–C) groups is 1. The summed E-state index contributed by atoms with van der Waals surface area (Å²) in [5, 5.41) is 2.83. The number of hydrogen-bond donors (Lipinski definition) is 2. The van der Waals surface area contributed by atoms with Crippen molar-refractivity contribution < 1.29 is 9.53 Å². The Morgan fingerprint density at radius 3 is 2.60 bits per heavy atom. The summed E-state index contributed by atoms with van der Waals surface area (Å²) in [5.41, 5.74) is 6.31. The summed E-state index contributed by atoms with van der Waals surface area (Å²) in [7, 11) is 1.53. The van der Waals surface area contributed by atoms with E-state index in [0.717, 1.165) is 0 Å². The molecule has 1 aromatic rings. The van der Waals surface area contributed by atoms with E-state index in [0.29, 0.717) is 23.0 Å². The molecule has 0 aromatic heterocycles. The topological polar surface area (TPSA) is 76.7 Å². The molecule has 0 saturated heterocycles.